The van der Waals surface area contributed by atoms with Gasteiger partial charge in [-0.05, 0) is 74.5 Å². The number of aliphatic hydroxyl groups excluding tert-OH is 2. The summed E-state index contributed by atoms with van der Waals surface area (Å²) in [6, 6.07) is 16.2. The molecule has 3 saturated heterocycles. The van der Waals surface area contributed by atoms with Crippen LogP contribution in [-0.2, 0) is 41.6 Å². The summed E-state index contributed by atoms with van der Waals surface area (Å²) >= 11 is 0. The monoisotopic (exact) mass is 1110 g/mol. The highest BCUT2D eigenvalue weighted by Gasteiger charge is 2.37. The highest BCUT2D eigenvalue weighted by atomic mass is 35.5. The number of pyridine rings is 2. The molecule has 30 heteroatoms. The molecule has 27 nitrogen and oxygen atoms in total. The third-order valence-corrected chi connectivity index (χ3v) is 12.3. The molecule has 11 rings (SSSR count). The van der Waals surface area contributed by atoms with Crippen LogP contribution in [0.5, 0.6) is 0 Å². The van der Waals surface area contributed by atoms with Crippen LogP contribution in [0.2, 0.25) is 0 Å². The summed E-state index contributed by atoms with van der Waals surface area (Å²) in [7, 11) is 0. The smallest absolute Gasteiger partial charge is 0.414 e. The number of anilines is 4. The quantitative estimate of drug-likeness (QED) is 0.129. The van der Waals surface area contributed by atoms with Gasteiger partial charge in [-0.3, -0.25) is 14.6 Å². The molecule has 0 bridgehead atoms. The van der Waals surface area contributed by atoms with E-state index in [2.05, 4.69) is 46.2 Å². The summed E-state index contributed by atoms with van der Waals surface area (Å²) in [5.41, 5.74) is 5.61. The Morgan fingerprint density at radius 2 is 1.32 bits per heavy atom. The Bertz CT molecular complexity index is 3130. The maximum Gasteiger partial charge on any atom is 0.414 e. The topological polar surface area (TPSA) is 306 Å². The number of aliphatic carboxylic acids is 1. The number of carboxylic acid groups (broad SMARTS) is 1. The van der Waals surface area contributed by atoms with Crippen LogP contribution in [0.1, 0.15) is 13.8 Å². The number of nitrogens with one attached hydrogen (secondary N) is 1. The second-order valence-electron chi connectivity index (χ2n) is 18.2. The third-order valence-electron chi connectivity index (χ3n) is 12.3. The Morgan fingerprint density at radius 1 is 0.772 bits per heavy atom. The first-order chi connectivity index (χ1) is 37.6. The number of carboxylic acids is 1. The van der Waals surface area contributed by atoms with Gasteiger partial charge in [0.1, 0.15) is 48.2 Å². The highest BCUT2D eigenvalue weighted by Crippen LogP contribution is 2.32. The van der Waals surface area contributed by atoms with Gasteiger partial charge in [0.2, 0.25) is 0 Å². The van der Waals surface area contributed by atoms with E-state index in [-0.39, 0.29) is 38.2 Å². The van der Waals surface area contributed by atoms with E-state index in [1.807, 2.05) is 17.0 Å². The predicted octanol–water partition coefficient (Wildman–Crippen LogP) is 2.95. The molecule has 0 saturated carbocycles. The summed E-state index contributed by atoms with van der Waals surface area (Å²) in [6.07, 6.45) is 8.47. The zero-order chi connectivity index (χ0) is 54.9. The molecule has 4 aromatic heterocycles. The summed E-state index contributed by atoms with van der Waals surface area (Å²) in [6.45, 7) is 6.19. The molecule has 5 aliphatic heterocycles. The van der Waals surface area contributed by atoms with Crippen molar-refractivity contribution in [2.75, 3.05) is 72.1 Å². The minimum absolute atomic E-state index is 0. The number of hydrogen-bond acceptors (Lipinski definition) is 21. The molecule has 2 aromatic carbocycles. The number of ether oxygens (including phenoxy) is 4. The van der Waals surface area contributed by atoms with E-state index < -0.39 is 66.4 Å². The number of hydrazone groups is 2. The van der Waals surface area contributed by atoms with Crippen LogP contribution >= 0.6 is 12.4 Å². The number of halogens is 3. The molecule has 6 aromatic rings. The highest BCUT2D eigenvalue weighted by molar-refractivity contribution is 5.91. The standard InChI is InChI=1S/C23H23FN8O5.C20H19FN8O2.C6H10O4.ClH/c24-19-9-16(31-12-17(37-23(31)36)11-30-6-5-26-28-30)2-3-18(19)15-1-4-21(25-10-15)29-7-8-32(27-14-29)22(35)20(34)13-33;21-18-9-15(29-12-16(31-20(29)30)11-28-8-6-24-26-28)2-3-17(18)14-1-4-19(22-10-14)27-7-5-23-25-13-27;1-6(2)9-3-4(10-6)5(7)8;/h1-6,9-10,14,17,20,33-34H,7-8,11-13H2;1-4,6,8-10,13,16,23H,5,7,11-12H2;4H,3H2,1-2H3,(H,7,8);1H/t17-,20?;16-;;/m00../s1. The van der Waals surface area contributed by atoms with Gasteiger partial charge in [0.25, 0.3) is 5.91 Å². The van der Waals surface area contributed by atoms with Gasteiger partial charge in [-0.15, -0.1) is 22.6 Å². The fourth-order valence-electron chi connectivity index (χ4n) is 8.39. The summed E-state index contributed by atoms with van der Waals surface area (Å²) in [4.78, 5) is 62.0. The Kier molecular flexibility index (Phi) is 18.0. The Morgan fingerprint density at radius 3 is 1.70 bits per heavy atom. The Labute approximate surface area is 454 Å². The van der Waals surface area contributed by atoms with Gasteiger partial charge >= 0.3 is 18.2 Å². The minimum atomic E-state index is -1.51. The van der Waals surface area contributed by atoms with Crippen LogP contribution in [-0.4, -0.2) is 180 Å². The van der Waals surface area contributed by atoms with Crippen molar-refractivity contribution < 1.29 is 62.2 Å². The maximum atomic E-state index is 15.1. The third kappa shape index (κ3) is 13.9. The maximum absolute atomic E-state index is 15.1. The van der Waals surface area contributed by atoms with Gasteiger partial charge < -0.3 is 49.5 Å². The van der Waals surface area contributed by atoms with Gasteiger partial charge in [-0.25, -0.2) is 47.5 Å². The van der Waals surface area contributed by atoms with Crippen LogP contribution in [0.15, 0.2) is 108 Å². The number of aromatic nitrogens is 8. The molecule has 0 spiro atoms. The molecule has 4 atom stereocenters. The number of aliphatic hydroxyl groups is 2. The van der Waals surface area contributed by atoms with Crippen molar-refractivity contribution in [3.05, 3.63) is 109 Å². The zero-order valence-corrected chi connectivity index (χ0v) is 43.1. The van der Waals surface area contributed by atoms with Gasteiger partial charge in [0.15, 0.2) is 18.0 Å². The average Bonchev–Trinajstić information content (AvgIpc) is 4.33. The number of amides is 3. The Balaban J connectivity index is 0.000000177. The van der Waals surface area contributed by atoms with Crippen molar-refractivity contribution >= 4 is 72.2 Å². The number of cyclic esters (lactones) is 2. The van der Waals surface area contributed by atoms with E-state index in [1.54, 1.807) is 95.6 Å². The van der Waals surface area contributed by atoms with Crippen LogP contribution in [0.3, 0.4) is 0 Å². The van der Waals surface area contributed by atoms with E-state index >= 15 is 4.39 Å². The first kappa shape index (κ1) is 56.4. The molecule has 0 radical (unpaired) electrons. The summed E-state index contributed by atoms with van der Waals surface area (Å²) in [5, 5.41) is 51.1. The molecule has 3 amide bonds. The van der Waals surface area contributed by atoms with Gasteiger partial charge in [-0.1, -0.05) is 10.4 Å². The van der Waals surface area contributed by atoms with Crippen LogP contribution in [0.4, 0.5) is 41.4 Å². The lowest BCUT2D eigenvalue weighted by Crippen LogP contribution is -2.45. The number of rotatable bonds is 13. The molecule has 416 valence electrons. The minimum Gasteiger partial charge on any atom is -0.479 e. The van der Waals surface area contributed by atoms with Crippen LogP contribution < -0.4 is 25.0 Å². The number of carbonyl (C=O) groups is 4. The fraction of sp³-hybridized carbons (Fsp3) is 0.347. The number of hydrogen-bond donors (Lipinski definition) is 4. The fourth-order valence-corrected chi connectivity index (χ4v) is 8.39. The van der Waals surface area contributed by atoms with Crippen LogP contribution in [0.25, 0.3) is 22.3 Å². The first-order valence-corrected chi connectivity index (χ1v) is 24.3. The first-order valence-electron chi connectivity index (χ1n) is 24.3. The normalized spacial score (nSPS) is 19.6. The van der Waals surface area contributed by atoms with E-state index in [9.17, 15) is 28.7 Å². The summed E-state index contributed by atoms with van der Waals surface area (Å²) < 4.78 is 53.9. The lowest BCUT2D eigenvalue weighted by atomic mass is 10.1. The molecule has 79 heavy (non-hydrogen) atoms. The predicted molar refractivity (Wildman–Crippen MR) is 279 cm³/mol. The van der Waals surface area contributed by atoms with Gasteiger partial charge in [0, 0.05) is 60.1 Å². The largest absolute Gasteiger partial charge is 0.479 e. The lowest BCUT2D eigenvalue weighted by Gasteiger charge is -2.28. The van der Waals surface area contributed by atoms with Gasteiger partial charge in [-0.2, -0.15) is 10.2 Å². The number of benzene rings is 2. The second kappa shape index (κ2) is 25.1. The lowest BCUT2D eigenvalue weighted by molar-refractivity contribution is -0.164. The van der Waals surface area contributed by atoms with Crippen LogP contribution in [0, 0.1) is 11.6 Å². The molecule has 2 unspecified atom stereocenters. The summed E-state index contributed by atoms with van der Waals surface area (Å²) in [5.74, 6) is -2.07. The van der Waals surface area contributed by atoms with Crippen molar-refractivity contribution in [2.45, 2.75) is 57.1 Å². The molecule has 5 aliphatic rings. The van der Waals surface area contributed by atoms with E-state index in [1.165, 1.54) is 40.7 Å². The van der Waals surface area contributed by atoms with E-state index in [4.69, 9.17) is 29.2 Å². The average molecular weight is 1120 g/mol. The molecular formula is C49H53ClF2N16O11. The van der Waals surface area contributed by atoms with Gasteiger partial charge in [0.05, 0.1) is 76.3 Å². The van der Waals surface area contributed by atoms with E-state index in [0.717, 1.165) is 23.9 Å². The molecule has 4 N–H and O–H groups in total. The van der Waals surface area contributed by atoms with Crippen molar-refractivity contribution in [3.63, 3.8) is 0 Å². The van der Waals surface area contributed by atoms with Crippen molar-refractivity contribution in [1.29, 1.82) is 0 Å². The molecule has 0 aliphatic carbocycles. The zero-order valence-electron chi connectivity index (χ0n) is 42.3. The van der Waals surface area contributed by atoms with Crippen molar-refractivity contribution in [3.8, 4) is 22.3 Å². The Hall–Kier alpha value is -8.77. The second-order valence-corrected chi connectivity index (χ2v) is 18.2. The number of carbonyl (C=O) groups excluding carboxylic acids is 3. The van der Waals surface area contributed by atoms with Crippen molar-refractivity contribution in [1.82, 2.24) is 50.4 Å². The van der Waals surface area contributed by atoms with E-state index in [0.29, 0.717) is 65.6 Å². The SMILES string of the molecule is CC1(C)OCC(C(=O)O)O1.Cl.O=C(C(O)CO)N1CCN(c2ccc(-c3ccc(N4C[C@H](Cn5ccnn5)OC4=O)cc3F)cn2)C=N1.O=C1O[C@@H](Cn2ccnn2)CN1c1ccc(-c2ccc(N3C=NNCC3)nc2)c(F)c1. The molecule has 9 heterocycles. The molecular weight excluding hydrogens is 1060 g/mol. The molecule has 3 fully saturated rings. The number of nitrogens with zero attached hydrogens (tertiary/aromatic N) is 15. The van der Waals surface area contributed by atoms with Crippen molar-refractivity contribution in [2.24, 2.45) is 10.2 Å².